The highest BCUT2D eigenvalue weighted by Gasteiger charge is 2.13. The summed E-state index contributed by atoms with van der Waals surface area (Å²) >= 11 is 1.29. The Labute approximate surface area is 184 Å². The van der Waals surface area contributed by atoms with Gasteiger partial charge in [0.2, 0.25) is 11.1 Å². The minimum absolute atomic E-state index is 0.156. The number of aromatic nitrogens is 4. The second-order valence-corrected chi connectivity index (χ2v) is 8.00. The van der Waals surface area contributed by atoms with Gasteiger partial charge < -0.3 is 10.1 Å². The van der Waals surface area contributed by atoms with E-state index in [0.29, 0.717) is 22.2 Å². The first-order chi connectivity index (χ1) is 15.1. The SMILES string of the molecule is CCc1ccc(-c2ccc3nnc(SCC(=O)Nc4cc(C)ccc4OC)n3n2)cc1. The third kappa shape index (κ3) is 4.69. The van der Waals surface area contributed by atoms with E-state index in [1.807, 2.05) is 37.3 Å². The largest absolute Gasteiger partial charge is 0.495 e. The maximum absolute atomic E-state index is 12.5. The van der Waals surface area contributed by atoms with Crippen molar-refractivity contribution >= 4 is 29.0 Å². The van der Waals surface area contributed by atoms with Crippen LogP contribution in [-0.2, 0) is 11.2 Å². The predicted octanol–water partition coefficient (Wildman–Crippen LogP) is 4.40. The lowest BCUT2D eigenvalue weighted by Gasteiger charge is -2.10. The Hall–Kier alpha value is -3.39. The number of carbonyl (C=O) groups excluding carboxylic acids is 1. The molecular formula is C23H23N5O2S. The molecule has 0 aliphatic rings. The molecule has 2 aromatic heterocycles. The van der Waals surface area contributed by atoms with Gasteiger partial charge in [0.05, 0.1) is 24.2 Å². The number of amides is 1. The van der Waals surface area contributed by atoms with Crippen LogP contribution in [0.25, 0.3) is 16.9 Å². The molecule has 0 radical (unpaired) electrons. The molecular weight excluding hydrogens is 410 g/mol. The van der Waals surface area contributed by atoms with Gasteiger partial charge in [-0.2, -0.15) is 9.61 Å². The number of benzene rings is 2. The lowest BCUT2D eigenvalue weighted by atomic mass is 10.1. The minimum atomic E-state index is -0.156. The molecule has 4 rings (SSSR count). The number of hydrogen-bond acceptors (Lipinski definition) is 6. The molecule has 1 amide bonds. The van der Waals surface area contributed by atoms with Crippen LogP contribution in [0.15, 0.2) is 59.8 Å². The number of hydrogen-bond donors (Lipinski definition) is 1. The fourth-order valence-corrected chi connectivity index (χ4v) is 3.85. The van der Waals surface area contributed by atoms with E-state index in [0.717, 1.165) is 23.2 Å². The number of carbonyl (C=O) groups is 1. The number of fused-ring (bicyclic) bond motifs is 1. The molecule has 0 aliphatic heterocycles. The van der Waals surface area contributed by atoms with Crippen LogP contribution in [0.3, 0.4) is 0 Å². The first-order valence-electron chi connectivity index (χ1n) is 9.96. The van der Waals surface area contributed by atoms with E-state index in [1.54, 1.807) is 11.6 Å². The molecule has 0 fully saturated rings. The maximum atomic E-state index is 12.5. The van der Waals surface area contributed by atoms with E-state index in [-0.39, 0.29) is 11.7 Å². The Kier molecular flexibility index (Phi) is 6.18. The summed E-state index contributed by atoms with van der Waals surface area (Å²) < 4.78 is 7.00. The molecule has 0 saturated carbocycles. The molecule has 0 spiro atoms. The number of anilines is 1. The third-order valence-corrected chi connectivity index (χ3v) is 5.77. The Morgan fingerprint density at radius 3 is 2.65 bits per heavy atom. The molecule has 1 N–H and O–H groups in total. The van der Waals surface area contributed by atoms with Crippen LogP contribution in [0.2, 0.25) is 0 Å². The first-order valence-corrected chi connectivity index (χ1v) is 10.9. The highest BCUT2D eigenvalue weighted by Crippen LogP contribution is 2.26. The van der Waals surface area contributed by atoms with E-state index >= 15 is 0 Å². The average Bonchev–Trinajstić information content (AvgIpc) is 3.20. The zero-order chi connectivity index (χ0) is 21.8. The summed E-state index contributed by atoms with van der Waals surface area (Å²) in [5.41, 5.74) is 5.45. The number of ether oxygens (including phenoxy) is 1. The second kappa shape index (κ2) is 9.18. The summed E-state index contributed by atoms with van der Waals surface area (Å²) in [6, 6.07) is 17.8. The van der Waals surface area contributed by atoms with Crippen molar-refractivity contribution in [2.24, 2.45) is 0 Å². The van der Waals surface area contributed by atoms with Crippen LogP contribution in [-0.4, -0.2) is 38.6 Å². The van der Waals surface area contributed by atoms with Crippen molar-refractivity contribution in [3.05, 3.63) is 65.7 Å². The standard InChI is InChI=1S/C23H23N5O2S/c1-4-16-6-8-17(9-7-16)18-10-12-21-25-26-23(28(21)27-18)31-14-22(29)24-19-13-15(2)5-11-20(19)30-3/h5-13H,4,14H2,1-3H3,(H,24,29). The molecule has 2 heterocycles. The van der Waals surface area contributed by atoms with Gasteiger partial charge in [-0.1, -0.05) is 49.0 Å². The van der Waals surface area contributed by atoms with Gasteiger partial charge in [0.1, 0.15) is 5.75 Å². The first kappa shape index (κ1) is 20.9. The van der Waals surface area contributed by atoms with Gasteiger partial charge in [0.25, 0.3) is 0 Å². The van der Waals surface area contributed by atoms with E-state index < -0.39 is 0 Å². The number of nitrogens with one attached hydrogen (secondary N) is 1. The molecule has 0 aliphatic carbocycles. The Bertz CT molecular complexity index is 1220. The average molecular weight is 434 g/mol. The lowest BCUT2D eigenvalue weighted by molar-refractivity contribution is -0.113. The number of rotatable bonds is 7. The summed E-state index contributed by atoms with van der Waals surface area (Å²) in [5.74, 6) is 0.642. The van der Waals surface area contributed by atoms with Gasteiger partial charge in [-0.05, 0) is 48.7 Å². The molecule has 2 aromatic carbocycles. The topological polar surface area (TPSA) is 81.4 Å². The molecule has 31 heavy (non-hydrogen) atoms. The van der Waals surface area contributed by atoms with Gasteiger partial charge >= 0.3 is 0 Å². The van der Waals surface area contributed by atoms with E-state index in [9.17, 15) is 4.79 Å². The maximum Gasteiger partial charge on any atom is 0.234 e. The van der Waals surface area contributed by atoms with Gasteiger partial charge in [0.15, 0.2) is 5.65 Å². The second-order valence-electron chi connectivity index (χ2n) is 7.06. The smallest absolute Gasteiger partial charge is 0.234 e. The molecule has 0 bridgehead atoms. The number of nitrogens with zero attached hydrogens (tertiary/aromatic N) is 4. The third-order valence-electron chi connectivity index (χ3n) is 4.85. The van der Waals surface area contributed by atoms with Gasteiger partial charge in [0, 0.05) is 5.56 Å². The van der Waals surface area contributed by atoms with Gasteiger partial charge in [-0.25, -0.2) is 0 Å². The van der Waals surface area contributed by atoms with E-state index in [1.165, 1.54) is 17.3 Å². The van der Waals surface area contributed by atoms with Gasteiger partial charge in [-0.3, -0.25) is 4.79 Å². The summed E-state index contributed by atoms with van der Waals surface area (Å²) in [5, 5.41) is 16.5. The number of thioether (sulfide) groups is 1. The van der Waals surface area contributed by atoms with Gasteiger partial charge in [-0.15, -0.1) is 10.2 Å². The van der Waals surface area contributed by atoms with Crippen LogP contribution in [0, 0.1) is 6.92 Å². The van der Waals surface area contributed by atoms with Crippen LogP contribution >= 0.6 is 11.8 Å². The van der Waals surface area contributed by atoms with Crippen LogP contribution < -0.4 is 10.1 Å². The number of methoxy groups -OCH3 is 1. The lowest BCUT2D eigenvalue weighted by Crippen LogP contribution is -2.15. The van der Waals surface area contributed by atoms with Crippen molar-refractivity contribution in [2.45, 2.75) is 25.4 Å². The molecule has 0 atom stereocenters. The highest BCUT2D eigenvalue weighted by atomic mass is 32.2. The molecule has 0 saturated heterocycles. The minimum Gasteiger partial charge on any atom is -0.495 e. The molecule has 8 heteroatoms. The fraction of sp³-hybridized carbons (Fsp3) is 0.217. The highest BCUT2D eigenvalue weighted by molar-refractivity contribution is 7.99. The normalized spacial score (nSPS) is 10.9. The summed E-state index contributed by atoms with van der Waals surface area (Å²) in [4.78, 5) is 12.5. The Morgan fingerprint density at radius 1 is 1.10 bits per heavy atom. The van der Waals surface area contributed by atoms with Crippen LogP contribution in [0.5, 0.6) is 5.75 Å². The molecule has 158 valence electrons. The summed E-state index contributed by atoms with van der Waals surface area (Å²) in [6.07, 6.45) is 0.995. The quantitative estimate of drug-likeness (QED) is 0.435. The Balaban J connectivity index is 1.49. The van der Waals surface area contributed by atoms with E-state index in [2.05, 4.69) is 51.8 Å². The molecule has 0 unspecified atom stereocenters. The predicted molar refractivity (Wildman–Crippen MR) is 123 cm³/mol. The zero-order valence-corrected chi connectivity index (χ0v) is 18.4. The summed E-state index contributed by atoms with van der Waals surface area (Å²) in [7, 11) is 1.58. The van der Waals surface area contributed by atoms with Crippen molar-refractivity contribution < 1.29 is 9.53 Å². The Morgan fingerprint density at radius 2 is 1.90 bits per heavy atom. The van der Waals surface area contributed by atoms with E-state index in [4.69, 9.17) is 4.74 Å². The van der Waals surface area contributed by atoms with Crippen LogP contribution in [0.4, 0.5) is 5.69 Å². The van der Waals surface area contributed by atoms with Crippen LogP contribution in [0.1, 0.15) is 18.1 Å². The van der Waals surface area contributed by atoms with Crippen molar-refractivity contribution in [1.29, 1.82) is 0 Å². The zero-order valence-electron chi connectivity index (χ0n) is 17.6. The fourth-order valence-electron chi connectivity index (χ4n) is 3.16. The monoisotopic (exact) mass is 433 g/mol. The van der Waals surface area contributed by atoms with Crippen molar-refractivity contribution in [3.63, 3.8) is 0 Å². The number of aryl methyl sites for hydroxylation is 2. The molecule has 4 aromatic rings. The van der Waals surface area contributed by atoms with Crippen molar-refractivity contribution in [2.75, 3.05) is 18.2 Å². The summed E-state index contributed by atoms with van der Waals surface area (Å²) in [6.45, 7) is 4.09. The molecule has 7 nitrogen and oxygen atoms in total. The van der Waals surface area contributed by atoms with Crippen molar-refractivity contribution in [1.82, 2.24) is 19.8 Å². The van der Waals surface area contributed by atoms with Crippen molar-refractivity contribution in [3.8, 4) is 17.0 Å².